The van der Waals surface area contributed by atoms with Gasteiger partial charge in [-0.15, -0.1) is 5.12 Å². The number of aromatic carboxylic acids is 1. The Morgan fingerprint density at radius 1 is 1.24 bits per heavy atom. The highest BCUT2D eigenvalue weighted by Gasteiger charge is 2.28. The second kappa shape index (κ2) is 5.41. The number of benzene rings is 2. The number of para-hydroxylation sites is 1. The molecular formula is C14H13IN4O2. The van der Waals surface area contributed by atoms with Crippen molar-refractivity contribution < 1.29 is 9.90 Å². The standard InChI is InChI=1S/C14H13IN4O2/c1-18-17-13-11(8-7-10(12(13)15)14(20)21)19(18)16-9-5-3-2-4-6-9/h2-8,16-17H,1H3,(H,20,21). The summed E-state index contributed by atoms with van der Waals surface area (Å²) in [5.41, 5.74) is 9.31. The molecule has 0 atom stereocenters. The number of anilines is 3. The molecule has 3 rings (SSSR count). The summed E-state index contributed by atoms with van der Waals surface area (Å²) in [6.07, 6.45) is 0. The van der Waals surface area contributed by atoms with Gasteiger partial charge >= 0.3 is 5.97 Å². The Kier molecular flexibility index (Phi) is 3.60. The van der Waals surface area contributed by atoms with Crippen molar-refractivity contribution in [1.82, 2.24) is 5.12 Å². The first-order chi connectivity index (χ1) is 10.1. The van der Waals surface area contributed by atoms with Gasteiger partial charge in [-0.2, -0.15) is 5.12 Å². The monoisotopic (exact) mass is 396 g/mol. The van der Waals surface area contributed by atoms with Crippen molar-refractivity contribution in [3.05, 3.63) is 51.6 Å². The van der Waals surface area contributed by atoms with E-state index in [2.05, 4.69) is 10.9 Å². The van der Waals surface area contributed by atoms with Crippen LogP contribution in [0.1, 0.15) is 10.4 Å². The zero-order chi connectivity index (χ0) is 15.0. The van der Waals surface area contributed by atoms with Crippen molar-refractivity contribution in [3.8, 4) is 0 Å². The Morgan fingerprint density at radius 2 is 1.95 bits per heavy atom. The lowest BCUT2D eigenvalue weighted by Crippen LogP contribution is -2.42. The average molecular weight is 396 g/mol. The van der Waals surface area contributed by atoms with Gasteiger partial charge in [-0.3, -0.25) is 10.9 Å². The number of carboxylic acid groups (broad SMARTS) is 1. The summed E-state index contributed by atoms with van der Waals surface area (Å²) in [5.74, 6) is -0.930. The van der Waals surface area contributed by atoms with Crippen molar-refractivity contribution in [1.29, 1.82) is 0 Å². The van der Waals surface area contributed by atoms with Gasteiger partial charge in [0.25, 0.3) is 0 Å². The maximum absolute atomic E-state index is 11.2. The molecule has 0 unspecified atom stereocenters. The van der Waals surface area contributed by atoms with Crippen molar-refractivity contribution in [2.24, 2.45) is 0 Å². The molecule has 0 bridgehead atoms. The Bertz CT molecular complexity index is 693. The Balaban J connectivity index is 1.97. The highest BCUT2D eigenvalue weighted by atomic mass is 127. The minimum Gasteiger partial charge on any atom is -0.478 e. The summed E-state index contributed by atoms with van der Waals surface area (Å²) in [5, 5.41) is 12.8. The molecule has 3 N–H and O–H groups in total. The highest BCUT2D eigenvalue weighted by molar-refractivity contribution is 14.1. The van der Waals surface area contributed by atoms with Crippen molar-refractivity contribution in [2.45, 2.75) is 0 Å². The molecule has 0 fully saturated rings. The third kappa shape index (κ3) is 2.49. The van der Waals surface area contributed by atoms with E-state index >= 15 is 0 Å². The summed E-state index contributed by atoms with van der Waals surface area (Å²) in [4.78, 5) is 11.2. The normalized spacial score (nSPS) is 13.7. The van der Waals surface area contributed by atoms with Crippen LogP contribution in [0.2, 0.25) is 0 Å². The maximum atomic E-state index is 11.2. The number of rotatable bonds is 3. The Morgan fingerprint density at radius 3 is 2.62 bits per heavy atom. The van der Waals surface area contributed by atoms with Gasteiger partial charge in [0.15, 0.2) is 0 Å². The number of hydrogen-bond acceptors (Lipinski definition) is 5. The molecule has 0 radical (unpaired) electrons. The lowest BCUT2D eigenvalue weighted by Gasteiger charge is -2.26. The summed E-state index contributed by atoms with van der Waals surface area (Å²) in [7, 11) is 1.85. The van der Waals surface area contributed by atoms with E-state index in [1.54, 1.807) is 17.3 Å². The number of carboxylic acids is 1. The lowest BCUT2D eigenvalue weighted by atomic mass is 10.2. The summed E-state index contributed by atoms with van der Waals surface area (Å²) < 4.78 is 0.682. The summed E-state index contributed by atoms with van der Waals surface area (Å²) >= 11 is 2.05. The van der Waals surface area contributed by atoms with Crippen LogP contribution in [0.3, 0.4) is 0 Å². The molecule has 0 saturated carbocycles. The second-order valence-electron chi connectivity index (χ2n) is 4.55. The number of carbonyl (C=O) groups is 1. The van der Waals surface area contributed by atoms with Gasteiger partial charge in [0.05, 0.1) is 20.5 Å². The number of halogens is 1. The zero-order valence-corrected chi connectivity index (χ0v) is 13.3. The van der Waals surface area contributed by atoms with E-state index in [9.17, 15) is 9.90 Å². The van der Waals surface area contributed by atoms with Crippen LogP contribution in [0.5, 0.6) is 0 Å². The van der Waals surface area contributed by atoms with Crippen LogP contribution >= 0.6 is 22.6 Å². The van der Waals surface area contributed by atoms with E-state index in [0.29, 0.717) is 3.57 Å². The maximum Gasteiger partial charge on any atom is 0.336 e. The van der Waals surface area contributed by atoms with Gasteiger partial charge in [0, 0.05) is 7.05 Å². The smallest absolute Gasteiger partial charge is 0.336 e. The van der Waals surface area contributed by atoms with Crippen LogP contribution in [-0.2, 0) is 0 Å². The van der Waals surface area contributed by atoms with Gasteiger partial charge in [0.2, 0.25) is 0 Å². The largest absolute Gasteiger partial charge is 0.478 e. The first kappa shape index (κ1) is 14.0. The molecule has 0 aromatic heterocycles. The third-order valence-corrected chi connectivity index (χ3v) is 4.28. The Labute approximate surface area is 135 Å². The van der Waals surface area contributed by atoms with Gasteiger partial charge < -0.3 is 5.11 Å². The summed E-state index contributed by atoms with van der Waals surface area (Å²) in [6, 6.07) is 13.2. The fourth-order valence-electron chi connectivity index (χ4n) is 2.16. The molecule has 108 valence electrons. The fourth-order valence-corrected chi connectivity index (χ4v) is 2.96. The minimum atomic E-state index is -0.930. The number of hydrogen-bond donors (Lipinski definition) is 3. The van der Waals surface area contributed by atoms with E-state index in [-0.39, 0.29) is 5.56 Å². The molecule has 6 nitrogen and oxygen atoms in total. The first-order valence-corrected chi connectivity index (χ1v) is 7.33. The molecule has 2 aromatic rings. The Hall–Kier alpha value is -2.00. The molecule has 1 aliphatic heterocycles. The quantitative estimate of drug-likeness (QED) is 0.694. The minimum absolute atomic E-state index is 0.289. The van der Waals surface area contributed by atoms with E-state index < -0.39 is 5.97 Å². The average Bonchev–Trinajstić information content (AvgIpc) is 2.78. The SMILES string of the molecule is CN1Nc2c(ccc(C(=O)O)c2I)N1Nc1ccccc1. The molecule has 0 spiro atoms. The van der Waals surface area contributed by atoms with Crippen LogP contribution in [0.15, 0.2) is 42.5 Å². The van der Waals surface area contributed by atoms with Gasteiger partial charge in [0.1, 0.15) is 5.69 Å². The number of fused-ring (bicyclic) bond motifs is 1. The molecule has 0 amide bonds. The number of hydrazine groups is 3. The fraction of sp³-hybridized carbons (Fsp3) is 0.0714. The van der Waals surface area contributed by atoms with Crippen LogP contribution in [0.25, 0.3) is 0 Å². The topological polar surface area (TPSA) is 67.8 Å². The molecular weight excluding hydrogens is 383 g/mol. The molecule has 0 saturated heterocycles. The second-order valence-corrected chi connectivity index (χ2v) is 5.63. The third-order valence-electron chi connectivity index (χ3n) is 3.16. The van der Waals surface area contributed by atoms with Crippen LogP contribution in [-0.4, -0.2) is 23.2 Å². The van der Waals surface area contributed by atoms with Gasteiger partial charge in [-0.05, 0) is 46.9 Å². The van der Waals surface area contributed by atoms with Crippen LogP contribution in [0, 0.1) is 3.57 Å². The van der Waals surface area contributed by atoms with Crippen molar-refractivity contribution in [2.75, 3.05) is 23.0 Å². The molecule has 21 heavy (non-hydrogen) atoms. The molecule has 0 aliphatic carbocycles. The molecule has 2 aromatic carbocycles. The predicted molar refractivity (Wildman–Crippen MR) is 90.0 cm³/mol. The van der Waals surface area contributed by atoms with Crippen molar-refractivity contribution in [3.63, 3.8) is 0 Å². The zero-order valence-electron chi connectivity index (χ0n) is 11.2. The summed E-state index contributed by atoms with van der Waals surface area (Å²) in [6.45, 7) is 0. The van der Waals surface area contributed by atoms with Crippen LogP contribution in [0.4, 0.5) is 17.1 Å². The highest BCUT2D eigenvalue weighted by Crippen LogP contribution is 2.38. The molecule has 1 aliphatic rings. The van der Waals surface area contributed by atoms with Crippen LogP contribution < -0.4 is 16.0 Å². The molecule has 1 heterocycles. The van der Waals surface area contributed by atoms with E-state index in [4.69, 9.17) is 0 Å². The number of nitrogens with one attached hydrogen (secondary N) is 2. The number of nitrogens with zero attached hydrogens (tertiary/aromatic N) is 2. The first-order valence-electron chi connectivity index (χ1n) is 6.26. The van der Waals surface area contributed by atoms with Gasteiger partial charge in [-0.1, -0.05) is 18.2 Å². The van der Waals surface area contributed by atoms with E-state index in [1.807, 2.05) is 65.1 Å². The van der Waals surface area contributed by atoms with E-state index in [1.165, 1.54) is 0 Å². The molecule has 7 heteroatoms. The predicted octanol–water partition coefficient (Wildman–Crippen LogP) is 3.01. The van der Waals surface area contributed by atoms with Gasteiger partial charge in [-0.25, -0.2) is 4.79 Å². The van der Waals surface area contributed by atoms with E-state index in [0.717, 1.165) is 17.1 Å². The van der Waals surface area contributed by atoms with Crippen molar-refractivity contribution >= 4 is 45.6 Å². The lowest BCUT2D eigenvalue weighted by molar-refractivity contribution is 0.0696.